The predicted molar refractivity (Wildman–Crippen MR) is 66.7 cm³/mol. The lowest BCUT2D eigenvalue weighted by Gasteiger charge is -2.32. The van der Waals surface area contributed by atoms with Crippen LogP contribution < -0.4 is 11.5 Å². The lowest BCUT2D eigenvalue weighted by molar-refractivity contribution is 0.158. The molecule has 94 valence electrons. The summed E-state index contributed by atoms with van der Waals surface area (Å²) in [4.78, 5) is 2.03. The molecule has 0 aromatic heterocycles. The van der Waals surface area contributed by atoms with Crippen molar-refractivity contribution in [2.75, 3.05) is 34.4 Å². The normalized spacial score (nSPS) is 13.4. The minimum absolute atomic E-state index is 0.150. The molecule has 0 aromatic rings. The van der Waals surface area contributed by atoms with Gasteiger partial charge >= 0.3 is 0 Å². The summed E-state index contributed by atoms with van der Waals surface area (Å²) in [6.07, 6.45) is 1.12. The first-order valence-corrected chi connectivity index (χ1v) is 5.38. The molecule has 0 radical (unpaired) electrons. The molecule has 0 fully saturated rings. The van der Waals surface area contributed by atoms with Crippen LogP contribution in [0.2, 0.25) is 0 Å². The highest BCUT2D eigenvalue weighted by Gasteiger charge is 2.21. The number of hydrogen-bond donors (Lipinski definition) is 2. The Labute approximate surface area is 94.9 Å². The van der Waals surface area contributed by atoms with Crippen molar-refractivity contribution >= 4 is 0 Å². The van der Waals surface area contributed by atoms with Crippen molar-refractivity contribution in [1.29, 1.82) is 0 Å². The van der Waals surface area contributed by atoms with E-state index in [0.29, 0.717) is 0 Å². The van der Waals surface area contributed by atoms with Gasteiger partial charge in [-0.25, -0.2) is 0 Å². The summed E-state index contributed by atoms with van der Waals surface area (Å²) >= 11 is 0. The molecule has 0 spiro atoms. The van der Waals surface area contributed by atoms with Gasteiger partial charge in [-0.05, 0) is 32.5 Å². The third kappa shape index (κ3) is 11.8. The Balaban J connectivity index is 0. The highest BCUT2D eigenvalue weighted by Crippen LogP contribution is 2.17. The summed E-state index contributed by atoms with van der Waals surface area (Å²) in [5, 5.41) is 0. The summed E-state index contributed by atoms with van der Waals surface area (Å²) in [7, 11) is 5.67. The van der Waals surface area contributed by atoms with E-state index in [1.165, 1.54) is 0 Å². The average molecular weight is 219 g/mol. The first-order chi connectivity index (χ1) is 6.77. The number of hydrogen-bond acceptors (Lipinski definition) is 4. The van der Waals surface area contributed by atoms with E-state index in [4.69, 9.17) is 16.2 Å². The van der Waals surface area contributed by atoms with Crippen molar-refractivity contribution in [3.63, 3.8) is 0 Å². The fourth-order valence-corrected chi connectivity index (χ4v) is 1.00. The molecular formula is C11H29N3O. The molecule has 15 heavy (non-hydrogen) atoms. The molecule has 4 N–H and O–H groups in total. The molecule has 0 aliphatic carbocycles. The molecule has 4 heteroatoms. The Morgan fingerprint density at radius 1 is 1.27 bits per heavy atom. The molecule has 0 aliphatic rings. The van der Waals surface area contributed by atoms with Gasteiger partial charge in [0.1, 0.15) is 0 Å². The summed E-state index contributed by atoms with van der Waals surface area (Å²) in [5.74, 6) is 0. The zero-order valence-electron chi connectivity index (χ0n) is 11.2. The van der Waals surface area contributed by atoms with Gasteiger partial charge in [0, 0.05) is 13.7 Å². The van der Waals surface area contributed by atoms with E-state index in [1.807, 2.05) is 19.0 Å². The molecule has 0 heterocycles. The van der Waals surface area contributed by atoms with Gasteiger partial charge in [-0.3, -0.25) is 4.90 Å². The number of ether oxygens (including phenoxy) is 1. The lowest BCUT2D eigenvalue weighted by atomic mass is 9.92. The second kappa shape index (κ2) is 9.09. The Bertz CT molecular complexity index is 128. The van der Waals surface area contributed by atoms with E-state index < -0.39 is 0 Å². The van der Waals surface area contributed by atoms with E-state index >= 15 is 0 Å². The first kappa shape index (κ1) is 17.2. The van der Waals surface area contributed by atoms with Gasteiger partial charge in [-0.2, -0.15) is 0 Å². The molecule has 1 unspecified atom stereocenters. The average Bonchev–Trinajstić information content (AvgIpc) is 2.13. The SMILES string of the molecule is CN(C)C(N)C(C)(C)C.COCCCN. The molecule has 0 saturated heterocycles. The zero-order valence-corrected chi connectivity index (χ0v) is 11.2. The van der Waals surface area contributed by atoms with Crippen LogP contribution in [-0.2, 0) is 4.74 Å². The molecule has 1 atom stereocenters. The van der Waals surface area contributed by atoms with Gasteiger partial charge < -0.3 is 16.2 Å². The van der Waals surface area contributed by atoms with Crippen molar-refractivity contribution in [1.82, 2.24) is 4.90 Å². The Hall–Kier alpha value is -0.160. The highest BCUT2D eigenvalue weighted by atomic mass is 16.5. The van der Waals surface area contributed by atoms with Crippen LogP contribution >= 0.6 is 0 Å². The fourth-order valence-electron chi connectivity index (χ4n) is 1.00. The van der Waals surface area contributed by atoms with Crippen molar-refractivity contribution in [3.05, 3.63) is 0 Å². The quantitative estimate of drug-likeness (QED) is 0.544. The van der Waals surface area contributed by atoms with Crippen molar-refractivity contribution in [2.45, 2.75) is 33.4 Å². The Morgan fingerprint density at radius 2 is 1.73 bits per heavy atom. The molecule has 0 aromatic carbocycles. The molecule has 0 saturated carbocycles. The van der Waals surface area contributed by atoms with Crippen LogP contribution in [0.1, 0.15) is 27.2 Å². The van der Waals surface area contributed by atoms with Crippen LogP contribution in [0.3, 0.4) is 0 Å². The van der Waals surface area contributed by atoms with Gasteiger partial charge in [-0.15, -0.1) is 0 Å². The maximum atomic E-state index is 5.82. The fraction of sp³-hybridized carbons (Fsp3) is 1.00. The number of rotatable bonds is 4. The molecule has 0 aliphatic heterocycles. The van der Waals surface area contributed by atoms with Crippen molar-refractivity contribution < 1.29 is 4.74 Å². The predicted octanol–water partition coefficient (Wildman–Crippen LogP) is 0.861. The molecule has 0 bridgehead atoms. The van der Waals surface area contributed by atoms with E-state index in [0.717, 1.165) is 19.6 Å². The van der Waals surface area contributed by atoms with Gasteiger partial charge in [0.25, 0.3) is 0 Å². The first-order valence-electron chi connectivity index (χ1n) is 5.38. The van der Waals surface area contributed by atoms with Crippen LogP contribution in [0.4, 0.5) is 0 Å². The lowest BCUT2D eigenvalue weighted by Crippen LogP contribution is -2.46. The van der Waals surface area contributed by atoms with Crippen molar-refractivity contribution in [2.24, 2.45) is 16.9 Å². The standard InChI is InChI=1S/C7H18N2.C4H11NO/c1-7(2,3)6(8)9(4)5;1-6-4-2-3-5/h6H,8H2,1-5H3;2-5H2,1H3. The third-order valence-electron chi connectivity index (χ3n) is 2.00. The van der Waals surface area contributed by atoms with E-state index in [1.54, 1.807) is 7.11 Å². The third-order valence-corrected chi connectivity index (χ3v) is 2.00. The summed E-state index contributed by atoms with van der Waals surface area (Å²) in [5.41, 5.74) is 11.1. The molecule has 0 amide bonds. The smallest absolute Gasteiger partial charge is 0.0616 e. The van der Waals surface area contributed by atoms with Crippen LogP contribution in [-0.4, -0.2) is 45.4 Å². The minimum Gasteiger partial charge on any atom is -0.385 e. The van der Waals surface area contributed by atoms with Crippen LogP contribution in [0.25, 0.3) is 0 Å². The van der Waals surface area contributed by atoms with Gasteiger partial charge in [0.2, 0.25) is 0 Å². The van der Waals surface area contributed by atoms with Gasteiger partial charge in [0.15, 0.2) is 0 Å². The van der Waals surface area contributed by atoms with Crippen LogP contribution in [0.5, 0.6) is 0 Å². The topological polar surface area (TPSA) is 64.5 Å². The maximum Gasteiger partial charge on any atom is 0.0616 e. The number of nitrogens with zero attached hydrogens (tertiary/aromatic N) is 1. The second-order valence-corrected chi connectivity index (χ2v) is 4.91. The minimum atomic E-state index is 0.150. The van der Waals surface area contributed by atoms with Gasteiger partial charge in [-0.1, -0.05) is 20.8 Å². The van der Waals surface area contributed by atoms with Crippen LogP contribution in [0, 0.1) is 5.41 Å². The zero-order chi connectivity index (χ0) is 12.5. The van der Waals surface area contributed by atoms with Crippen LogP contribution in [0.15, 0.2) is 0 Å². The van der Waals surface area contributed by atoms with E-state index in [-0.39, 0.29) is 11.6 Å². The van der Waals surface area contributed by atoms with Crippen molar-refractivity contribution in [3.8, 4) is 0 Å². The maximum absolute atomic E-state index is 5.82. The Morgan fingerprint density at radius 3 is 1.80 bits per heavy atom. The molecule has 0 rings (SSSR count). The van der Waals surface area contributed by atoms with Gasteiger partial charge in [0.05, 0.1) is 6.17 Å². The molecule has 4 nitrogen and oxygen atoms in total. The summed E-state index contributed by atoms with van der Waals surface area (Å²) in [6, 6.07) is 0. The highest BCUT2D eigenvalue weighted by molar-refractivity contribution is 4.73. The summed E-state index contributed by atoms with van der Waals surface area (Å²) in [6.45, 7) is 7.93. The van der Waals surface area contributed by atoms with E-state index in [2.05, 4.69) is 20.8 Å². The number of nitrogens with two attached hydrogens (primary N) is 2. The van der Waals surface area contributed by atoms with E-state index in [9.17, 15) is 0 Å². The summed E-state index contributed by atoms with van der Waals surface area (Å²) < 4.78 is 4.70. The Kier molecular flexibility index (Phi) is 10.5. The molecular weight excluding hydrogens is 190 g/mol. The second-order valence-electron chi connectivity index (χ2n) is 4.91. The largest absolute Gasteiger partial charge is 0.385 e. The number of methoxy groups -OCH3 is 1. The monoisotopic (exact) mass is 219 g/mol.